The van der Waals surface area contributed by atoms with Gasteiger partial charge in [0, 0.05) is 25.1 Å². The zero-order valence-electron chi connectivity index (χ0n) is 14.7. The number of nitrogens with zero attached hydrogens (tertiary/aromatic N) is 2. The second-order valence-corrected chi connectivity index (χ2v) is 6.63. The van der Waals surface area contributed by atoms with Crippen molar-refractivity contribution in [1.82, 2.24) is 15.1 Å². The molecule has 0 radical (unpaired) electrons. The van der Waals surface area contributed by atoms with Crippen LogP contribution in [-0.4, -0.2) is 22.2 Å². The van der Waals surface area contributed by atoms with Crippen LogP contribution in [0, 0.1) is 0 Å². The highest BCUT2D eigenvalue weighted by Gasteiger charge is 2.20. The van der Waals surface area contributed by atoms with E-state index in [1.165, 1.54) is 27.9 Å². The second kappa shape index (κ2) is 8.10. The van der Waals surface area contributed by atoms with Gasteiger partial charge in [-0.1, -0.05) is 37.6 Å². The Labute approximate surface area is 148 Å². The molecule has 1 aliphatic carbocycles. The third-order valence-electron chi connectivity index (χ3n) is 4.83. The summed E-state index contributed by atoms with van der Waals surface area (Å²) in [6.45, 7) is 3.21. The van der Waals surface area contributed by atoms with Gasteiger partial charge in [0.25, 0.3) is 11.5 Å². The monoisotopic (exact) mass is 339 g/mol. The fourth-order valence-corrected chi connectivity index (χ4v) is 3.41. The van der Waals surface area contributed by atoms with Gasteiger partial charge >= 0.3 is 0 Å². The average molecular weight is 339 g/mol. The lowest BCUT2D eigenvalue weighted by molar-refractivity contribution is 0.0942. The molecule has 1 aromatic carbocycles. The minimum atomic E-state index is -0.215. The van der Waals surface area contributed by atoms with Gasteiger partial charge in [0.15, 0.2) is 0 Å². The van der Waals surface area contributed by atoms with E-state index < -0.39 is 0 Å². The summed E-state index contributed by atoms with van der Waals surface area (Å²) in [5, 5.41) is 7.21. The lowest BCUT2D eigenvalue weighted by Gasteiger charge is -2.25. The molecule has 1 unspecified atom stereocenters. The van der Waals surface area contributed by atoms with Crippen molar-refractivity contribution in [3.63, 3.8) is 0 Å². The fourth-order valence-electron chi connectivity index (χ4n) is 3.41. The van der Waals surface area contributed by atoms with Crippen LogP contribution in [0.3, 0.4) is 0 Å². The fraction of sp³-hybridized carbons (Fsp3) is 0.450. The molecule has 0 bridgehead atoms. The Balaban J connectivity index is 1.66. The van der Waals surface area contributed by atoms with Crippen LogP contribution in [0.1, 0.15) is 60.1 Å². The topological polar surface area (TPSA) is 64.0 Å². The van der Waals surface area contributed by atoms with Crippen LogP contribution in [0.25, 0.3) is 0 Å². The van der Waals surface area contributed by atoms with Gasteiger partial charge in [-0.15, -0.1) is 0 Å². The maximum absolute atomic E-state index is 12.4. The maximum Gasteiger partial charge on any atom is 0.271 e. The Morgan fingerprint density at radius 1 is 1.28 bits per heavy atom. The van der Waals surface area contributed by atoms with Crippen molar-refractivity contribution in [3.8, 4) is 0 Å². The number of amides is 1. The van der Waals surface area contributed by atoms with E-state index in [1.807, 2.05) is 0 Å². The third-order valence-corrected chi connectivity index (χ3v) is 4.83. The van der Waals surface area contributed by atoms with Crippen molar-refractivity contribution in [2.75, 3.05) is 6.54 Å². The van der Waals surface area contributed by atoms with E-state index in [0.29, 0.717) is 24.7 Å². The molecule has 0 fully saturated rings. The van der Waals surface area contributed by atoms with Crippen molar-refractivity contribution in [3.05, 3.63) is 63.6 Å². The molecule has 1 amide bonds. The van der Waals surface area contributed by atoms with Crippen molar-refractivity contribution >= 4 is 5.91 Å². The number of carbonyl (C=O) groups is 1. The highest BCUT2D eigenvalue weighted by Crippen LogP contribution is 2.30. The quantitative estimate of drug-likeness (QED) is 0.880. The highest BCUT2D eigenvalue weighted by atomic mass is 16.2. The SMILES string of the molecule is CCCCn1nc(C(=O)NCC2CCCc3ccccc32)ccc1=O. The Hall–Kier alpha value is -2.43. The largest absolute Gasteiger partial charge is 0.350 e. The van der Waals surface area contributed by atoms with Crippen LogP contribution in [0.5, 0.6) is 0 Å². The summed E-state index contributed by atoms with van der Waals surface area (Å²) in [7, 11) is 0. The summed E-state index contributed by atoms with van der Waals surface area (Å²) >= 11 is 0. The number of rotatable bonds is 6. The van der Waals surface area contributed by atoms with Gasteiger partial charge in [0.2, 0.25) is 0 Å². The molecule has 2 aromatic rings. The summed E-state index contributed by atoms with van der Waals surface area (Å²) < 4.78 is 1.38. The van der Waals surface area contributed by atoms with Gasteiger partial charge < -0.3 is 5.32 Å². The molecule has 1 N–H and O–H groups in total. The van der Waals surface area contributed by atoms with E-state index in [0.717, 1.165) is 32.1 Å². The van der Waals surface area contributed by atoms with E-state index >= 15 is 0 Å². The molecule has 25 heavy (non-hydrogen) atoms. The lowest BCUT2D eigenvalue weighted by atomic mass is 9.83. The van der Waals surface area contributed by atoms with Gasteiger partial charge in [-0.25, -0.2) is 4.68 Å². The van der Waals surface area contributed by atoms with Gasteiger partial charge in [-0.2, -0.15) is 5.10 Å². The number of hydrogen-bond donors (Lipinski definition) is 1. The standard InChI is InChI=1S/C20H25N3O2/c1-2-3-13-23-19(24)12-11-18(22-23)20(25)21-14-16-9-6-8-15-7-4-5-10-17(15)16/h4-5,7,10-12,16H,2-3,6,8-9,13-14H2,1H3,(H,21,25). The minimum Gasteiger partial charge on any atom is -0.350 e. The van der Waals surface area contributed by atoms with Gasteiger partial charge in [0.05, 0.1) is 0 Å². The third kappa shape index (κ3) is 4.16. The first-order valence-corrected chi connectivity index (χ1v) is 9.13. The van der Waals surface area contributed by atoms with Crippen molar-refractivity contribution in [2.45, 2.75) is 51.5 Å². The van der Waals surface area contributed by atoms with Crippen LogP contribution in [0.15, 0.2) is 41.2 Å². The number of unbranched alkanes of at least 4 members (excludes halogenated alkanes) is 1. The number of carbonyl (C=O) groups excluding carboxylic acids is 1. The van der Waals surface area contributed by atoms with Crippen LogP contribution in [-0.2, 0) is 13.0 Å². The average Bonchev–Trinajstić information content (AvgIpc) is 2.65. The van der Waals surface area contributed by atoms with E-state index in [-0.39, 0.29) is 11.5 Å². The summed E-state index contributed by atoms with van der Waals surface area (Å²) in [4.78, 5) is 24.3. The maximum atomic E-state index is 12.4. The minimum absolute atomic E-state index is 0.161. The number of aromatic nitrogens is 2. The molecule has 0 saturated carbocycles. The number of nitrogens with one attached hydrogen (secondary N) is 1. The number of aryl methyl sites for hydroxylation is 2. The zero-order valence-corrected chi connectivity index (χ0v) is 14.7. The molecule has 5 nitrogen and oxygen atoms in total. The lowest BCUT2D eigenvalue weighted by Crippen LogP contribution is -2.33. The summed E-state index contributed by atoms with van der Waals surface area (Å²) in [5.41, 5.74) is 2.88. The van der Waals surface area contributed by atoms with Crippen LogP contribution < -0.4 is 10.9 Å². The Bertz CT molecular complexity index is 798. The molecule has 5 heteroatoms. The molecule has 1 aliphatic rings. The molecule has 1 heterocycles. The molecule has 1 aromatic heterocycles. The normalized spacial score (nSPS) is 16.3. The first-order valence-electron chi connectivity index (χ1n) is 9.13. The molecule has 3 rings (SSSR count). The van der Waals surface area contributed by atoms with E-state index in [1.54, 1.807) is 0 Å². The van der Waals surface area contributed by atoms with Gasteiger partial charge in [-0.05, 0) is 42.9 Å². The molecular formula is C20H25N3O2. The Morgan fingerprint density at radius 2 is 2.12 bits per heavy atom. The first kappa shape index (κ1) is 17.4. The Kier molecular flexibility index (Phi) is 5.64. The highest BCUT2D eigenvalue weighted by molar-refractivity contribution is 5.92. The number of hydrogen-bond acceptors (Lipinski definition) is 3. The van der Waals surface area contributed by atoms with Gasteiger partial charge in [-0.3, -0.25) is 9.59 Å². The van der Waals surface area contributed by atoms with E-state index in [4.69, 9.17) is 0 Å². The molecular weight excluding hydrogens is 314 g/mol. The molecule has 1 atom stereocenters. The predicted molar refractivity (Wildman–Crippen MR) is 97.9 cm³/mol. The van der Waals surface area contributed by atoms with Crippen LogP contribution in [0.2, 0.25) is 0 Å². The summed E-state index contributed by atoms with van der Waals surface area (Å²) in [6.07, 6.45) is 5.20. The van der Waals surface area contributed by atoms with Crippen molar-refractivity contribution in [2.24, 2.45) is 0 Å². The first-order chi connectivity index (χ1) is 12.2. The van der Waals surface area contributed by atoms with Crippen molar-refractivity contribution in [1.29, 1.82) is 0 Å². The van der Waals surface area contributed by atoms with E-state index in [9.17, 15) is 9.59 Å². The van der Waals surface area contributed by atoms with Gasteiger partial charge in [0.1, 0.15) is 5.69 Å². The van der Waals surface area contributed by atoms with Crippen LogP contribution >= 0.6 is 0 Å². The zero-order chi connectivity index (χ0) is 17.6. The molecule has 0 spiro atoms. The number of benzene rings is 1. The summed E-state index contributed by atoms with van der Waals surface area (Å²) in [6, 6.07) is 11.4. The molecule has 0 saturated heterocycles. The van der Waals surface area contributed by atoms with Crippen molar-refractivity contribution < 1.29 is 4.79 Å². The van der Waals surface area contributed by atoms with Crippen LogP contribution in [0.4, 0.5) is 0 Å². The number of fused-ring (bicyclic) bond motifs is 1. The second-order valence-electron chi connectivity index (χ2n) is 6.63. The predicted octanol–water partition coefficient (Wildman–Crippen LogP) is 2.89. The smallest absolute Gasteiger partial charge is 0.271 e. The molecule has 132 valence electrons. The van der Waals surface area contributed by atoms with E-state index in [2.05, 4.69) is 41.6 Å². The summed E-state index contributed by atoms with van der Waals surface area (Å²) in [5.74, 6) is 0.133. The Morgan fingerprint density at radius 3 is 2.96 bits per heavy atom. The molecule has 0 aliphatic heterocycles.